The van der Waals surface area contributed by atoms with Gasteiger partial charge in [-0.25, -0.2) is 20.0 Å². The predicted molar refractivity (Wildman–Crippen MR) is 125 cm³/mol. The zero-order valence-electron chi connectivity index (χ0n) is 19.6. The lowest BCUT2D eigenvalue weighted by molar-refractivity contribution is -0.138. The van der Waals surface area contributed by atoms with E-state index in [0.29, 0.717) is 19.5 Å². The van der Waals surface area contributed by atoms with Gasteiger partial charge in [-0.05, 0) is 63.0 Å². The van der Waals surface area contributed by atoms with Crippen LogP contribution in [-0.2, 0) is 23.8 Å². The van der Waals surface area contributed by atoms with Gasteiger partial charge in [-0.1, -0.05) is 6.07 Å². The van der Waals surface area contributed by atoms with E-state index in [-0.39, 0.29) is 18.4 Å². The van der Waals surface area contributed by atoms with E-state index in [0.717, 1.165) is 75.4 Å². The molecule has 0 unspecified atom stereocenters. The number of rotatable bonds is 12. The number of alkyl halides is 3. The molecule has 1 aliphatic carbocycles. The van der Waals surface area contributed by atoms with Gasteiger partial charge in [0.2, 0.25) is 5.95 Å². The average Bonchev–Trinajstić information content (AvgIpc) is 3.67. The number of nitrogens with one attached hydrogen (secondary N) is 1. The van der Waals surface area contributed by atoms with Gasteiger partial charge in [-0.2, -0.15) is 13.2 Å². The van der Waals surface area contributed by atoms with Crippen molar-refractivity contribution in [1.82, 2.24) is 20.0 Å². The van der Waals surface area contributed by atoms with Crippen molar-refractivity contribution in [2.45, 2.75) is 70.0 Å². The Morgan fingerprint density at radius 2 is 1.89 bits per heavy atom. The number of carboxylic acids is 1. The van der Waals surface area contributed by atoms with Crippen molar-refractivity contribution in [3.8, 4) is 0 Å². The van der Waals surface area contributed by atoms with Crippen molar-refractivity contribution in [2.24, 2.45) is 0 Å². The largest absolute Gasteiger partial charge is 0.481 e. The number of hydrogen-bond acceptors (Lipinski definition) is 7. The van der Waals surface area contributed by atoms with Crippen LogP contribution in [0.15, 0.2) is 24.5 Å². The maximum absolute atomic E-state index is 13.0. The molecule has 0 amide bonds. The van der Waals surface area contributed by atoms with E-state index in [1.165, 1.54) is 5.56 Å². The number of carboxylic acid groups (broad SMARTS) is 1. The molecule has 2 aliphatic rings. The quantitative estimate of drug-likeness (QED) is 0.334. The number of aliphatic carboxylic acids is 1. The number of carbonyl (C=O) groups is 1. The Morgan fingerprint density at radius 1 is 1.11 bits per heavy atom. The number of aryl methyl sites for hydroxylation is 2. The van der Waals surface area contributed by atoms with Crippen LogP contribution in [0, 0.1) is 0 Å². The Bertz CT molecular complexity index is 998. The average molecular weight is 493 g/mol. The fourth-order valence-electron chi connectivity index (χ4n) is 4.29. The van der Waals surface area contributed by atoms with E-state index in [2.05, 4.69) is 32.4 Å². The number of fused-ring (bicyclic) bond motifs is 1. The monoisotopic (exact) mass is 492 g/mol. The van der Waals surface area contributed by atoms with Crippen LogP contribution in [0.2, 0.25) is 0 Å². The predicted octanol–water partition coefficient (Wildman–Crippen LogP) is 4.32. The Kier molecular flexibility index (Phi) is 8.04. The molecule has 1 aliphatic heterocycles. The van der Waals surface area contributed by atoms with E-state index in [1.54, 1.807) is 5.01 Å². The molecule has 0 saturated heterocycles. The number of anilines is 2. The first-order valence-corrected chi connectivity index (χ1v) is 12.2. The lowest BCUT2D eigenvalue weighted by Gasteiger charge is -2.35. The molecule has 0 aromatic carbocycles. The van der Waals surface area contributed by atoms with Crippen LogP contribution in [-0.4, -0.2) is 56.7 Å². The molecule has 0 radical (unpaired) electrons. The Balaban J connectivity index is 1.39. The van der Waals surface area contributed by atoms with Crippen LogP contribution in [0.25, 0.3) is 0 Å². The zero-order chi connectivity index (χ0) is 24.8. The van der Waals surface area contributed by atoms with Gasteiger partial charge in [-0.15, -0.1) is 0 Å². The molecule has 11 heteroatoms. The first kappa shape index (κ1) is 25.2. The maximum atomic E-state index is 13.0. The number of hydrazine groups is 1. The van der Waals surface area contributed by atoms with Crippen molar-refractivity contribution >= 4 is 17.7 Å². The number of aromatic nitrogens is 3. The number of pyridine rings is 1. The summed E-state index contributed by atoms with van der Waals surface area (Å²) in [7, 11) is 0. The van der Waals surface area contributed by atoms with Gasteiger partial charge < -0.3 is 10.4 Å². The van der Waals surface area contributed by atoms with Gasteiger partial charge in [0.25, 0.3) is 0 Å². The molecule has 1 saturated carbocycles. The SMILES string of the molecule is O=C(O)CCCN(c1ncc(C(F)(F)F)cn1)N(CCCCc1ccc2c(n1)NCCC2)C1CC1. The zero-order valence-corrected chi connectivity index (χ0v) is 19.6. The summed E-state index contributed by atoms with van der Waals surface area (Å²) in [6.07, 6.45) is 4.11. The van der Waals surface area contributed by atoms with Crippen molar-refractivity contribution in [3.63, 3.8) is 0 Å². The van der Waals surface area contributed by atoms with Gasteiger partial charge in [0.1, 0.15) is 5.82 Å². The smallest absolute Gasteiger partial charge is 0.419 e. The minimum absolute atomic E-state index is 0.0341. The summed E-state index contributed by atoms with van der Waals surface area (Å²) in [4.78, 5) is 23.7. The Hall–Kier alpha value is -2.95. The molecule has 2 N–H and O–H groups in total. The highest BCUT2D eigenvalue weighted by atomic mass is 19.4. The molecule has 3 heterocycles. The molecule has 2 aromatic heterocycles. The maximum Gasteiger partial charge on any atom is 0.419 e. The molecule has 0 atom stereocenters. The lowest BCUT2D eigenvalue weighted by Crippen LogP contribution is -2.46. The third-order valence-corrected chi connectivity index (χ3v) is 6.26. The minimum Gasteiger partial charge on any atom is -0.481 e. The molecule has 0 spiro atoms. The van der Waals surface area contributed by atoms with E-state index < -0.39 is 17.7 Å². The van der Waals surface area contributed by atoms with Crippen LogP contribution >= 0.6 is 0 Å². The van der Waals surface area contributed by atoms with Crippen LogP contribution in [0.4, 0.5) is 24.9 Å². The first-order valence-electron chi connectivity index (χ1n) is 12.2. The van der Waals surface area contributed by atoms with E-state index >= 15 is 0 Å². The van der Waals surface area contributed by atoms with Gasteiger partial charge in [-0.3, -0.25) is 9.80 Å². The lowest BCUT2D eigenvalue weighted by atomic mass is 10.1. The number of unbranched alkanes of at least 4 members (excludes halogenated alkanes) is 1. The Labute approximate surface area is 202 Å². The summed E-state index contributed by atoms with van der Waals surface area (Å²) in [5.41, 5.74) is 1.39. The summed E-state index contributed by atoms with van der Waals surface area (Å²) in [6, 6.07) is 4.49. The standard InChI is InChI=1S/C24H31F3N6O2/c25-24(26,27)18-15-29-23(30-16-18)33(14-4-7-21(34)35)32(20-10-11-20)13-2-1-6-19-9-8-17-5-3-12-28-22(17)31-19/h8-9,15-16,20H,1-7,10-14H2,(H,28,31)(H,34,35). The second-order valence-electron chi connectivity index (χ2n) is 9.08. The first-order chi connectivity index (χ1) is 16.8. The molecule has 2 aromatic rings. The number of nitrogens with zero attached hydrogens (tertiary/aromatic N) is 5. The third-order valence-electron chi connectivity index (χ3n) is 6.26. The van der Waals surface area contributed by atoms with Crippen molar-refractivity contribution in [2.75, 3.05) is 30.0 Å². The fourth-order valence-corrected chi connectivity index (χ4v) is 4.29. The fraction of sp³-hybridized carbons (Fsp3) is 0.583. The minimum atomic E-state index is -4.51. The molecule has 190 valence electrons. The normalized spacial score (nSPS) is 15.5. The molecule has 8 nitrogen and oxygen atoms in total. The van der Waals surface area contributed by atoms with Crippen LogP contribution < -0.4 is 10.3 Å². The van der Waals surface area contributed by atoms with E-state index in [4.69, 9.17) is 10.1 Å². The van der Waals surface area contributed by atoms with Gasteiger partial charge in [0.15, 0.2) is 0 Å². The number of hydrogen-bond donors (Lipinski definition) is 2. The topological polar surface area (TPSA) is 94.5 Å². The molecular formula is C24H31F3N6O2. The van der Waals surface area contributed by atoms with E-state index in [9.17, 15) is 18.0 Å². The highest BCUT2D eigenvalue weighted by Gasteiger charge is 2.35. The van der Waals surface area contributed by atoms with Gasteiger partial charge in [0.05, 0.1) is 5.56 Å². The summed E-state index contributed by atoms with van der Waals surface area (Å²) < 4.78 is 38.9. The van der Waals surface area contributed by atoms with Crippen molar-refractivity contribution < 1.29 is 23.1 Å². The van der Waals surface area contributed by atoms with Crippen LogP contribution in [0.3, 0.4) is 0 Å². The van der Waals surface area contributed by atoms with Crippen molar-refractivity contribution in [3.05, 3.63) is 41.3 Å². The van der Waals surface area contributed by atoms with Gasteiger partial charge >= 0.3 is 12.1 Å². The second kappa shape index (κ2) is 11.2. The summed E-state index contributed by atoms with van der Waals surface area (Å²) in [5, 5.41) is 16.3. The van der Waals surface area contributed by atoms with Crippen molar-refractivity contribution in [1.29, 1.82) is 0 Å². The summed E-state index contributed by atoms with van der Waals surface area (Å²) >= 11 is 0. The summed E-state index contributed by atoms with van der Waals surface area (Å²) in [6.45, 7) is 1.96. The molecule has 1 fully saturated rings. The van der Waals surface area contributed by atoms with Crippen LogP contribution in [0.1, 0.15) is 61.8 Å². The Morgan fingerprint density at radius 3 is 2.57 bits per heavy atom. The molecule has 4 rings (SSSR count). The molecule has 0 bridgehead atoms. The molecule has 35 heavy (non-hydrogen) atoms. The molecular weight excluding hydrogens is 461 g/mol. The summed E-state index contributed by atoms with van der Waals surface area (Å²) in [5.74, 6) is 0.235. The number of halogens is 3. The van der Waals surface area contributed by atoms with Gasteiger partial charge in [0, 0.05) is 50.2 Å². The van der Waals surface area contributed by atoms with Crippen LogP contribution in [0.5, 0.6) is 0 Å². The second-order valence-corrected chi connectivity index (χ2v) is 9.08. The highest BCUT2D eigenvalue weighted by Crippen LogP contribution is 2.32. The third kappa shape index (κ3) is 7.03. The highest BCUT2D eigenvalue weighted by molar-refractivity contribution is 5.66. The van der Waals surface area contributed by atoms with E-state index in [1.807, 2.05) is 0 Å².